The molecule has 0 unspecified atom stereocenters. The monoisotopic (exact) mass is 264 g/mol. The van der Waals surface area contributed by atoms with Crippen molar-refractivity contribution in [1.29, 1.82) is 0 Å². The van der Waals surface area contributed by atoms with Crippen molar-refractivity contribution in [3.05, 3.63) is 59.7 Å². The number of benzene rings is 2. The van der Waals surface area contributed by atoms with Gasteiger partial charge in [-0.25, -0.2) is 0 Å². The van der Waals surface area contributed by atoms with E-state index in [1.807, 2.05) is 48.5 Å². The number of oxime groups is 2. The molecule has 4 rings (SSSR count). The minimum Gasteiger partial charge on any atom is -0.356 e. The highest BCUT2D eigenvalue weighted by atomic mass is 16.6. The van der Waals surface area contributed by atoms with Crippen LogP contribution in [0.15, 0.2) is 58.8 Å². The normalized spacial score (nSPS) is 16.0. The van der Waals surface area contributed by atoms with Crippen molar-refractivity contribution >= 4 is 11.4 Å². The predicted octanol–water partition coefficient (Wildman–Crippen LogP) is 2.97. The maximum Gasteiger partial charge on any atom is 0.161 e. The van der Waals surface area contributed by atoms with E-state index in [4.69, 9.17) is 9.68 Å². The van der Waals surface area contributed by atoms with Gasteiger partial charge in [-0.05, 0) is 12.1 Å². The Bertz CT molecular complexity index is 671. The lowest BCUT2D eigenvalue weighted by atomic mass is 9.98. The summed E-state index contributed by atoms with van der Waals surface area (Å²) in [7, 11) is 0. The van der Waals surface area contributed by atoms with Gasteiger partial charge in [-0.1, -0.05) is 46.7 Å². The number of hydrogen-bond donors (Lipinski definition) is 0. The van der Waals surface area contributed by atoms with E-state index in [9.17, 15) is 0 Å². The largest absolute Gasteiger partial charge is 0.356 e. The van der Waals surface area contributed by atoms with E-state index < -0.39 is 0 Å². The molecule has 20 heavy (non-hydrogen) atoms. The summed E-state index contributed by atoms with van der Waals surface area (Å²) in [6.45, 7) is 0. The maximum absolute atomic E-state index is 5.43. The first-order chi connectivity index (χ1) is 9.90. The zero-order valence-electron chi connectivity index (χ0n) is 10.7. The molecule has 2 aromatic carbocycles. The van der Waals surface area contributed by atoms with Crippen LogP contribution >= 0.6 is 0 Å². The van der Waals surface area contributed by atoms with Crippen LogP contribution in [0.3, 0.4) is 0 Å². The molecule has 0 spiro atoms. The van der Waals surface area contributed by atoms with Crippen LogP contribution in [0, 0.1) is 0 Å². The minimum atomic E-state index is 0.723. The fraction of sp³-hybridized carbons (Fsp3) is 0.125. The van der Waals surface area contributed by atoms with Gasteiger partial charge < -0.3 is 9.68 Å². The lowest BCUT2D eigenvalue weighted by Gasteiger charge is -2.19. The van der Waals surface area contributed by atoms with Gasteiger partial charge in [0.25, 0.3) is 0 Å². The van der Waals surface area contributed by atoms with E-state index in [1.165, 1.54) is 0 Å². The van der Waals surface area contributed by atoms with Gasteiger partial charge in [-0.2, -0.15) is 0 Å². The smallest absolute Gasteiger partial charge is 0.161 e. The van der Waals surface area contributed by atoms with Crippen LogP contribution in [0.4, 0.5) is 0 Å². The Labute approximate surface area is 116 Å². The summed E-state index contributed by atoms with van der Waals surface area (Å²) in [5, 5.41) is 8.35. The summed E-state index contributed by atoms with van der Waals surface area (Å²) in [6.07, 6.45) is 1.45. The number of hydrogen-bond acceptors (Lipinski definition) is 4. The van der Waals surface area contributed by atoms with Crippen LogP contribution in [0.25, 0.3) is 0 Å². The zero-order valence-corrected chi connectivity index (χ0v) is 10.7. The van der Waals surface area contributed by atoms with Crippen molar-refractivity contribution in [2.75, 3.05) is 0 Å². The molecule has 98 valence electrons. The number of para-hydroxylation sites is 2. The Morgan fingerprint density at radius 2 is 1.10 bits per heavy atom. The van der Waals surface area contributed by atoms with Crippen molar-refractivity contribution in [2.45, 2.75) is 12.8 Å². The first-order valence-corrected chi connectivity index (χ1v) is 6.54. The average molecular weight is 264 g/mol. The van der Waals surface area contributed by atoms with Gasteiger partial charge in [0, 0.05) is 24.0 Å². The molecular weight excluding hydrogens is 252 g/mol. The second-order valence-electron chi connectivity index (χ2n) is 4.83. The molecule has 0 saturated heterocycles. The van der Waals surface area contributed by atoms with E-state index in [2.05, 4.69) is 10.3 Å². The van der Waals surface area contributed by atoms with Gasteiger partial charge in [0.2, 0.25) is 0 Å². The Morgan fingerprint density at radius 3 is 1.60 bits per heavy atom. The third-order valence-corrected chi connectivity index (χ3v) is 3.50. The summed E-state index contributed by atoms with van der Waals surface area (Å²) in [5.74, 6) is 1.63. The topological polar surface area (TPSA) is 43.2 Å². The van der Waals surface area contributed by atoms with Crippen molar-refractivity contribution in [1.82, 2.24) is 0 Å². The molecular formula is C16H12N2O2. The molecule has 0 amide bonds. The van der Waals surface area contributed by atoms with E-state index >= 15 is 0 Å². The molecule has 0 aromatic heterocycles. The van der Waals surface area contributed by atoms with Crippen LogP contribution in [0.2, 0.25) is 0 Å². The fourth-order valence-electron chi connectivity index (χ4n) is 2.42. The first-order valence-electron chi connectivity index (χ1n) is 6.54. The standard InChI is InChI=1S/C16H12N2O2/c1-3-7-15-11(5-1)9-13(17-19-15)14-10-12-6-2-4-8-16(12)20-18-14/h1-8H,9-10H2. The maximum atomic E-state index is 5.43. The number of rotatable bonds is 1. The molecule has 4 nitrogen and oxygen atoms in total. The number of fused-ring (bicyclic) bond motifs is 2. The highest BCUT2D eigenvalue weighted by Crippen LogP contribution is 2.27. The van der Waals surface area contributed by atoms with Crippen LogP contribution < -0.4 is 9.68 Å². The molecule has 2 heterocycles. The first kappa shape index (κ1) is 11.2. The quantitative estimate of drug-likeness (QED) is 0.794. The molecule has 2 aromatic rings. The Kier molecular flexibility index (Phi) is 2.52. The third-order valence-electron chi connectivity index (χ3n) is 3.50. The molecule has 0 aliphatic carbocycles. The Hall–Kier alpha value is -2.62. The average Bonchev–Trinajstić information content (AvgIpc) is 2.54. The van der Waals surface area contributed by atoms with Gasteiger partial charge in [-0.3, -0.25) is 0 Å². The van der Waals surface area contributed by atoms with Crippen molar-refractivity contribution in [3.63, 3.8) is 0 Å². The molecule has 0 atom stereocenters. The molecule has 0 saturated carbocycles. The molecule has 2 aliphatic rings. The van der Waals surface area contributed by atoms with Crippen LogP contribution in [-0.4, -0.2) is 11.4 Å². The van der Waals surface area contributed by atoms with Crippen molar-refractivity contribution in [2.24, 2.45) is 10.3 Å². The molecule has 2 aliphatic heterocycles. The Balaban J connectivity index is 1.62. The van der Waals surface area contributed by atoms with E-state index in [-0.39, 0.29) is 0 Å². The van der Waals surface area contributed by atoms with Gasteiger partial charge in [0.1, 0.15) is 11.4 Å². The predicted molar refractivity (Wildman–Crippen MR) is 76.4 cm³/mol. The SMILES string of the molecule is c1ccc2c(c1)CC(C1=NOc3ccccc3C1)=NO2. The van der Waals surface area contributed by atoms with E-state index in [1.54, 1.807) is 0 Å². The lowest BCUT2D eigenvalue weighted by Crippen LogP contribution is -2.26. The molecule has 0 bridgehead atoms. The van der Waals surface area contributed by atoms with Crippen molar-refractivity contribution < 1.29 is 9.68 Å². The second-order valence-corrected chi connectivity index (χ2v) is 4.83. The summed E-state index contributed by atoms with van der Waals surface area (Å²) in [4.78, 5) is 10.9. The highest BCUT2D eigenvalue weighted by Gasteiger charge is 2.23. The summed E-state index contributed by atoms with van der Waals surface area (Å²) >= 11 is 0. The van der Waals surface area contributed by atoms with Crippen LogP contribution in [-0.2, 0) is 12.8 Å². The zero-order chi connectivity index (χ0) is 13.4. The Morgan fingerprint density at radius 1 is 0.650 bits per heavy atom. The second kappa shape index (κ2) is 4.49. The highest BCUT2D eigenvalue weighted by molar-refractivity contribution is 6.43. The molecule has 0 radical (unpaired) electrons. The fourth-order valence-corrected chi connectivity index (χ4v) is 2.42. The number of nitrogens with zero attached hydrogens (tertiary/aromatic N) is 2. The summed E-state index contributed by atoms with van der Waals surface area (Å²) in [6, 6.07) is 15.8. The minimum absolute atomic E-state index is 0.723. The summed E-state index contributed by atoms with van der Waals surface area (Å²) in [5.41, 5.74) is 3.91. The van der Waals surface area contributed by atoms with Gasteiger partial charge in [0.05, 0.1) is 0 Å². The lowest BCUT2D eigenvalue weighted by molar-refractivity contribution is 0.324. The third kappa shape index (κ3) is 1.86. The summed E-state index contributed by atoms with van der Waals surface area (Å²) < 4.78 is 0. The molecule has 4 heteroatoms. The van der Waals surface area contributed by atoms with Gasteiger partial charge in [0.15, 0.2) is 11.5 Å². The van der Waals surface area contributed by atoms with E-state index in [0.717, 1.165) is 46.9 Å². The van der Waals surface area contributed by atoms with Crippen LogP contribution in [0.1, 0.15) is 11.1 Å². The van der Waals surface area contributed by atoms with Crippen LogP contribution in [0.5, 0.6) is 11.5 Å². The van der Waals surface area contributed by atoms with Crippen molar-refractivity contribution in [3.8, 4) is 11.5 Å². The molecule has 0 N–H and O–H groups in total. The van der Waals surface area contributed by atoms with E-state index in [0.29, 0.717) is 0 Å². The van der Waals surface area contributed by atoms with Gasteiger partial charge >= 0.3 is 0 Å². The molecule has 0 fully saturated rings. The van der Waals surface area contributed by atoms with Gasteiger partial charge in [-0.15, -0.1) is 0 Å².